The molecular weight excluding hydrogens is 306 g/mol. The molecule has 3 aromatic rings. The molecule has 0 radical (unpaired) electrons. The van der Waals surface area contributed by atoms with Crippen LogP contribution in [0, 0.1) is 13.8 Å². The lowest BCUT2D eigenvalue weighted by Crippen LogP contribution is -2.38. The number of urea groups is 1. The number of carbonyl (C=O) groups excluding carboxylic acids is 1. The molecule has 1 atom stereocenters. The molecule has 8 nitrogen and oxygen atoms in total. The van der Waals surface area contributed by atoms with E-state index in [4.69, 9.17) is 0 Å². The van der Waals surface area contributed by atoms with Gasteiger partial charge in [-0.1, -0.05) is 0 Å². The van der Waals surface area contributed by atoms with E-state index in [0.717, 1.165) is 22.4 Å². The summed E-state index contributed by atoms with van der Waals surface area (Å²) in [6.07, 6.45) is 3.08. The van der Waals surface area contributed by atoms with Crippen LogP contribution in [0.25, 0.3) is 11.0 Å². The molecule has 1 aromatic carbocycles. The van der Waals surface area contributed by atoms with Crippen molar-refractivity contribution >= 4 is 22.8 Å². The smallest absolute Gasteiger partial charge is 0.319 e. The van der Waals surface area contributed by atoms with E-state index < -0.39 is 0 Å². The quantitative estimate of drug-likeness (QED) is 0.765. The second-order valence-electron chi connectivity index (χ2n) is 5.71. The Morgan fingerprint density at radius 3 is 2.67 bits per heavy atom. The van der Waals surface area contributed by atoms with Gasteiger partial charge in [-0.15, -0.1) is 0 Å². The largest absolute Gasteiger partial charge is 0.334 e. The molecule has 0 fully saturated rings. The fraction of sp³-hybridized carbons (Fsp3) is 0.312. The third-order valence-corrected chi connectivity index (χ3v) is 3.64. The first kappa shape index (κ1) is 15.9. The number of carbonyl (C=O) groups is 1. The van der Waals surface area contributed by atoms with Crippen molar-refractivity contribution < 1.29 is 4.79 Å². The molecule has 2 aromatic heterocycles. The van der Waals surface area contributed by atoms with Crippen LogP contribution in [0.1, 0.15) is 18.3 Å². The van der Waals surface area contributed by atoms with E-state index in [1.165, 1.54) is 6.33 Å². The van der Waals surface area contributed by atoms with Crippen molar-refractivity contribution in [2.45, 2.75) is 33.4 Å². The molecule has 2 amide bonds. The summed E-state index contributed by atoms with van der Waals surface area (Å²) in [6.45, 7) is 6.30. The van der Waals surface area contributed by atoms with Crippen molar-refractivity contribution in [1.29, 1.82) is 0 Å². The number of anilines is 1. The van der Waals surface area contributed by atoms with E-state index >= 15 is 0 Å². The van der Waals surface area contributed by atoms with Gasteiger partial charge >= 0.3 is 6.03 Å². The van der Waals surface area contributed by atoms with Gasteiger partial charge in [0, 0.05) is 11.7 Å². The van der Waals surface area contributed by atoms with Crippen LogP contribution >= 0.6 is 0 Å². The van der Waals surface area contributed by atoms with Gasteiger partial charge in [-0.05, 0) is 39.0 Å². The van der Waals surface area contributed by atoms with Crippen LogP contribution in [0.3, 0.4) is 0 Å². The molecule has 0 spiro atoms. The summed E-state index contributed by atoms with van der Waals surface area (Å²) >= 11 is 0. The molecule has 0 saturated carbocycles. The van der Waals surface area contributed by atoms with Gasteiger partial charge in [0.25, 0.3) is 0 Å². The molecule has 0 saturated heterocycles. The third-order valence-electron chi connectivity index (χ3n) is 3.64. The van der Waals surface area contributed by atoms with E-state index in [2.05, 4.69) is 30.7 Å². The van der Waals surface area contributed by atoms with Crippen molar-refractivity contribution in [3.05, 3.63) is 42.2 Å². The van der Waals surface area contributed by atoms with Gasteiger partial charge in [0.05, 0.1) is 29.0 Å². The van der Waals surface area contributed by atoms with Gasteiger partial charge < -0.3 is 10.6 Å². The normalized spacial score (nSPS) is 12.1. The van der Waals surface area contributed by atoms with Crippen molar-refractivity contribution in [2.24, 2.45) is 0 Å². The summed E-state index contributed by atoms with van der Waals surface area (Å²) in [6, 6.07) is 5.11. The van der Waals surface area contributed by atoms with Crippen molar-refractivity contribution in [2.75, 3.05) is 5.32 Å². The summed E-state index contributed by atoms with van der Waals surface area (Å²) in [5.74, 6) is 0. The summed E-state index contributed by atoms with van der Waals surface area (Å²) < 4.78 is 1.67. The molecule has 0 bridgehead atoms. The van der Waals surface area contributed by atoms with Gasteiger partial charge in [0.1, 0.15) is 12.7 Å². The average molecular weight is 325 g/mol. The highest BCUT2D eigenvalue weighted by atomic mass is 16.2. The number of aromatic nitrogens is 5. The van der Waals surface area contributed by atoms with E-state index in [0.29, 0.717) is 12.2 Å². The molecule has 0 aliphatic heterocycles. The van der Waals surface area contributed by atoms with E-state index in [-0.39, 0.29) is 12.1 Å². The Morgan fingerprint density at radius 2 is 1.96 bits per heavy atom. The Kier molecular flexibility index (Phi) is 4.37. The Morgan fingerprint density at radius 1 is 1.21 bits per heavy atom. The highest BCUT2D eigenvalue weighted by Gasteiger charge is 2.09. The van der Waals surface area contributed by atoms with E-state index in [1.807, 2.05) is 39.0 Å². The predicted octanol–water partition coefficient (Wildman–Crippen LogP) is 2.05. The zero-order chi connectivity index (χ0) is 17.1. The molecule has 2 N–H and O–H groups in total. The van der Waals surface area contributed by atoms with Gasteiger partial charge in [-0.25, -0.2) is 19.7 Å². The first-order chi connectivity index (χ1) is 11.5. The monoisotopic (exact) mass is 325 g/mol. The molecule has 8 heteroatoms. The fourth-order valence-corrected chi connectivity index (χ4v) is 2.35. The topological polar surface area (TPSA) is 97.6 Å². The number of rotatable bonds is 4. The Bertz CT molecular complexity index is 860. The molecule has 124 valence electrons. The van der Waals surface area contributed by atoms with Gasteiger partial charge in [0.2, 0.25) is 0 Å². The maximum absolute atomic E-state index is 12.1. The second kappa shape index (κ2) is 6.61. The fourth-order valence-electron chi connectivity index (χ4n) is 2.35. The molecule has 0 aliphatic carbocycles. The van der Waals surface area contributed by atoms with Crippen LogP contribution in [0.2, 0.25) is 0 Å². The summed E-state index contributed by atoms with van der Waals surface area (Å²) in [7, 11) is 0. The highest BCUT2D eigenvalue weighted by Crippen LogP contribution is 2.17. The number of benzene rings is 1. The molecule has 1 unspecified atom stereocenters. The highest BCUT2D eigenvalue weighted by molar-refractivity contribution is 5.91. The van der Waals surface area contributed by atoms with Crippen LogP contribution in [-0.2, 0) is 6.54 Å². The maximum Gasteiger partial charge on any atom is 0.319 e. The molecular formula is C16H19N7O. The minimum absolute atomic E-state index is 0.0863. The number of hydrogen-bond acceptors (Lipinski definition) is 5. The molecule has 2 heterocycles. The molecule has 3 rings (SSSR count). The predicted molar refractivity (Wildman–Crippen MR) is 90.7 cm³/mol. The van der Waals surface area contributed by atoms with Crippen LogP contribution in [0.4, 0.5) is 10.5 Å². The lowest BCUT2D eigenvalue weighted by molar-refractivity contribution is 0.247. The van der Waals surface area contributed by atoms with Crippen LogP contribution in [0.15, 0.2) is 30.9 Å². The first-order valence-corrected chi connectivity index (χ1v) is 7.66. The minimum atomic E-state index is -0.279. The number of hydrogen-bond donors (Lipinski definition) is 2. The summed E-state index contributed by atoms with van der Waals surface area (Å²) in [5.41, 5.74) is 4.02. The number of fused-ring (bicyclic) bond motifs is 1. The van der Waals surface area contributed by atoms with Gasteiger partial charge in [-0.2, -0.15) is 5.10 Å². The van der Waals surface area contributed by atoms with Crippen LogP contribution < -0.4 is 10.6 Å². The summed E-state index contributed by atoms with van der Waals surface area (Å²) in [4.78, 5) is 25.0. The number of amides is 2. The number of nitrogens with one attached hydrogen (secondary N) is 2. The van der Waals surface area contributed by atoms with Crippen molar-refractivity contribution in [1.82, 2.24) is 30.0 Å². The van der Waals surface area contributed by atoms with Crippen molar-refractivity contribution in [3.8, 4) is 0 Å². The van der Waals surface area contributed by atoms with Gasteiger partial charge in [0.15, 0.2) is 0 Å². The van der Waals surface area contributed by atoms with Crippen LogP contribution in [-0.4, -0.2) is 36.8 Å². The second-order valence-corrected chi connectivity index (χ2v) is 5.71. The Balaban J connectivity index is 1.65. The van der Waals surface area contributed by atoms with Crippen LogP contribution in [0.5, 0.6) is 0 Å². The Hall–Kier alpha value is -3.03. The van der Waals surface area contributed by atoms with E-state index in [1.54, 1.807) is 11.0 Å². The SMILES string of the molecule is Cc1nc2ccc(NC(=O)NC(C)Cn3cncn3)cc2nc1C. The average Bonchev–Trinajstić information content (AvgIpc) is 3.01. The minimum Gasteiger partial charge on any atom is -0.334 e. The first-order valence-electron chi connectivity index (χ1n) is 7.66. The lowest BCUT2D eigenvalue weighted by Gasteiger charge is -2.14. The molecule has 24 heavy (non-hydrogen) atoms. The number of nitrogens with zero attached hydrogens (tertiary/aromatic N) is 5. The third kappa shape index (κ3) is 3.65. The zero-order valence-corrected chi connectivity index (χ0v) is 13.8. The van der Waals surface area contributed by atoms with E-state index in [9.17, 15) is 4.79 Å². The Labute approximate surface area is 139 Å². The molecule has 0 aliphatic rings. The maximum atomic E-state index is 12.1. The standard InChI is InChI=1S/C16H19N7O/c1-10(7-23-9-17-8-18-23)19-16(24)22-13-4-5-14-15(6-13)21-12(3)11(2)20-14/h4-6,8-10H,7H2,1-3H3,(H2,19,22,24). The lowest BCUT2D eigenvalue weighted by atomic mass is 10.2. The zero-order valence-electron chi connectivity index (χ0n) is 13.8. The van der Waals surface area contributed by atoms with Crippen molar-refractivity contribution in [3.63, 3.8) is 0 Å². The summed E-state index contributed by atoms with van der Waals surface area (Å²) in [5, 5.41) is 9.69. The van der Waals surface area contributed by atoms with Gasteiger partial charge in [-0.3, -0.25) is 4.68 Å². The number of aryl methyl sites for hydroxylation is 2.